The summed E-state index contributed by atoms with van der Waals surface area (Å²) in [6, 6.07) is 17.9. The molecule has 5 nitrogen and oxygen atoms in total. The standard InChI is InChI=1S/C21H24N2O3/c1-22(13-16-6-3-2-4-7-16)14-17-8-5-9-18(12-17)20(24)23-11-10-19(15-23)21(25)26/h2-9,12,19H,10-11,13-15H2,1H3,(H,25,26). The van der Waals surface area contributed by atoms with E-state index in [1.165, 1.54) is 5.56 Å². The van der Waals surface area contributed by atoms with Gasteiger partial charge in [0.1, 0.15) is 0 Å². The van der Waals surface area contributed by atoms with Crippen LogP contribution in [-0.4, -0.2) is 46.9 Å². The molecule has 0 radical (unpaired) electrons. The highest BCUT2D eigenvalue weighted by Crippen LogP contribution is 2.20. The summed E-state index contributed by atoms with van der Waals surface area (Å²) >= 11 is 0. The molecule has 0 saturated carbocycles. The number of amides is 1. The molecule has 136 valence electrons. The van der Waals surface area contributed by atoms with Crippen molar-refractivity contribution in [3.63, 3.8) is 0 Å². The molecular weight excluding hydrogens is 328 g/mol. The maximum absolute atomic E-state index is 12.7. The molecule has 1 heterocycles. The van der Waals surface area contributed by atoms with Gasteiger partial charge in [-0.2, -0.15) is 0 Å². The van der Waals surface area contributed by atoms with Gasteiger partial charge >= 0.3 is 5.97 Å². The maximum atomic E-state index is 12.7. The molecule has 26 heavy (non-hydrogen) atoms. The molecule has 1 fully saturated rings. The van der Waals surface area contributed by atoms with Crippen LogP contribution in [0.3, 0.4) is 0 Å². The summed E-state index contributed by atoms with van der Waals surface area (Å²) in [6.07, 6.45) is 0.528. The molecule has 1 unspecified atom stereocenters. The quantitative estimate of drug-likeness (QED) is 0.868. The van der Waals surface area contributed by atoms with Crippen LogP contribution in [0.5, 0.6) is 0 Å². The van der Waals surface area contributed by atoms with Crippen molar-refractivity contribution in [1.82, 2.24) is 9.80 Å². The topological polar surface area (TPSA) is 60.9 Å². The zero-order valence-electron chi connectivity index (χ0n) is 15.0. The molecule has 2 aromatic rings. The fourth-order valence-corrected chi connectivity index (χ4v) is 3.39. The maximum Gasteiger partial charge on any atom is 0.308 e. The van der Waals surface area contributed by atoms with Crippen molar-refractivity contribution in [2.24, 2.45) is 5.92 Å². The number of benzene rings is 2. The van der Waals surface area contributed by atoms with E-state index in [-0.39, 0.29) is 5.91 Å². The van der Waals surface area contributed by atoms with Gasteiger partial charge in [-0.15, -0.1) is 0 Å². The Labute approximate surface area is 153 Å². The van der Waals surface area contributed by atoms with Crippen LogP contribution in [-0.2, 0) is 17.9 Å². The number of nitrogens with zero attached hydrogens (tertiary/aromatic N) is 2. The molecule has 1 atom stereocenters. The number of likely N-dealkylation sites (tertiary alicyclic amines) is 1. The van der Waals surface area contributed by atoms with Gasteiger partial charge in [-0.1, -0.05) is 42.5 Å². The van der Waals surface area contributed by atoms with Gasteiger partial charge in [-0.25, -0.2) is 0 Å². The summed E-state index contributed by atoms with van der Waals surface area (Å²) in [6.45, 7) is 2.39. The van der Waals surface area contributed by atoms with Crippen LogP contribution in [0, 0.1) is 5.92 Å². The van der Waals surface area contributed by atoms with Crippen LogP contribution in [0.25, 0.3) is 0 Å². The van der Waals surface area contributed by atoms with E-state index in [4.69, 9.17) is 5.11 Å². The Morgan fingerprint density at radius 2 is 1.77 bits per heavy atom. The largest absolute Gasteiger partial charge is 0.481 e. The Morgan fingerprint density at radius 1 is 1.08 bits per heavy atom. The number of aliphatic carboxylic acids is 1. The molecule has 0 aromatic heterocycles. The van der Waals surface area contributed by atoms with E-state index in [1.807, 2.05) is 36.4 Å². The zero-order valence-corrected chi connectivity index (χ0v) is 15.0. The lowest BCUT2D eigenvalue weighted by molar-refractivity contribution is -0.141. The molecule has 0 spiro atoms. The van der Waals surface area contributed by atoms with Gasteiger partial charge in [0, 0.05) is 31.7 Å². The number of hydrogen-bond donors (Lipinski definition) is 1. The van der Waals surface area contributed by atoms with E-state index in [2.05, 4.69) is 24.1 Å². The predicted molar refractivity (Wildman–Crippen MR) is 99.7 cm³/mol. The van der Waals surface area contributed by atoms with E-state index in [0.717, 1.165) is 18.7 Å². The lowest BCUT2D eigenvalue weighted by atomic mass is 10.1. The van der Waals surface area contributed by atoms with Crippen molar-refractivity contribution in [3.05, 3.63) is 71.3 Å². The number of carbonyl (C=O) groups is 2. The zero-order chi connectivity index (χ0) is 18.5. The van der Waals surface area contributed by atoms with Gasteiger partial charge in [0.25, 0.3) is 5.91 Å². The normalized spacial score (nSPS) is 16.8. The first-order valence-electron chi connectivity index (χ1n) is 8.86. The van der Waals surface area contributed by atoms with Crippen LogP contribution in [0.2, 0.25) is 0 Å². The second kappa shape index (κ2) is 8.15. The van der Waals surface area contributed by atoms with Crippen molar-refractivity contribution < 1.29 is 14.7 Å². The Balaban J connectivity index is 1.62. The van der Waals surface area contributed by atoms with Crippen LogP contribution in [0.15, 0.2) is 54.6 Å². The first kappa shape index (κ1) is 18.1. The highest BCUT2D eigenvalue weighted by atomic mass is 16.4. The number of rotatable bonds is 6. The van der Waals surface area contributed by atoms with Gasteiger partial charge in [0.2, 0.25) is 0 Å². The molecular formula is C21H24N2O3. The number of carbonyl (C=O) groups excluding carboxylic acids is 1. The molecule has 1 amide bonds. The van der Waals surface area contributed by atoms with Crippen LogP contribution >= 0.6 is 0 Å². The molecule has 0 aliphatic carbocycles. The molecule has 3 rings (SSSR count). The summed E-state index contributed by atoms with van der Waals surface area (Å²) in [5, 5.41) is 9.10. The molecule has 1 aliphatic rings. The van der Waals surface area contributed by atoms with Crippen molar-refractivity contribution in [2.75, 3.05) is 20.1 Å². The molecule has 1 N–H and O–H groups in total. The summed E-state index contributed by atoms with van der Waals surface area (Å²) < 4.78 is 0. The SMILES string of the molecule is CN(Cc1ccccc1)Cc1cccc(C(=O)N2CCC(C(=O)O)C2)c1. The average molecular weight is 352 g/mol. The highest BCUT2D eigenvalue weighted by Gasteiger charge is 2.31. The van der Waals surface area contributed by atoms with E-state index in [0.29, 0.717) is 25.1 Å². The third-order valence-electron chi connectivity index (χ3n) is 4.75. The molecule has 1 aliphatic heterocycles. The number of carboxylic acids is 1. The van der Waals surface area contributed by atoms with Gasteiger partial charge in [-0.3, -0.25) is 14.5 Å². The van der Waals surface area contributed by atoms with E-state index < -0.39 is 11.9 Å². The minimum Gasteiger partial charge on any atom is -0.481 e. The molecule has 1 saturated heterocycles. The minimum absolute atomic E-state index is 0.0821. The smallest absolute Gasteiger partial charge is 0.308 e. The van der Waals surface area contributed by atoms with E-state index in [1.54, 1.807) is 11.0 Å². The monoisotopic (exact) mass is 352 g/mol. The minimum atomic E-state index is -0.823. The van der Waals surface area contributed by atoms with E-state index >= 15 is 0 Å². The van der Waals surface area contributed by atoms with Crippen LogP contribution in [0.1, 0.15) is 27.9 Å². The van der Waals surface area contributed by atoms with E-state index in [9.17, 15) is 9.59 Å². The predicted octanol–water partition coefficient (Wildman–Crippen LogP) is 2.87. The van der Waals surface area contributed by atoms with Gasteiger partial charge in [0.15, 0.2) is 0 Å². The van der Waals surface area contributed by atoms with Gasteiger partial charge < -0.3 is 10.0 Å². The van der Waals surface area contributed by atoms with Gasteiger partial charge in [-0.05, 0) is 36.7 Å². The summed E-state index contributed by atoms with van der Waals surface area (Å²) in [5.74, 6) is -1.35. The lowest BCUT2D eigenvalue weighted by Crippen LogP contribution is -2.30. The van der Waals surface area contributed by atoms with Crippen molar-refractivity contribution in [2.45, 2.75) is 19.5 Å². The second-order valence-electron chi connectivity index (χ2n) is 6.93. The molecule has 2 aromatic carbocycles. The van der Waals surface area contributed by atoms with Crippen molar-refractivity contribution in [1.29, 1.82) is 0 Å². The lowest BCUT2D eigenvalue weighted by Gasteiger charge is -2.19. The first-order valence-corrected chi connectivity index (χ1v) is 8.86. The Bertz CT molecular complexity index is 776. The summed E-state index contributed by atoms with van der Waals surface area (Å²) in [5.41, 5.74) is 2.95. The Morgan fingerprint density at radius 3 is 2.46 bits per heavy atom. The fraction of sp³-hybridized carbons (Fsp3) is 0.333. The van der Waals surface area contributed by atoms with Crippen LogP contribution < -0.4 is 0 Å². The van der Waals surface area contributed by atoms with Crippen molar-refractivity contribution >= 4 is 11.9 Å². The Hall–Kier alpha value is -2.66. The fourth-order valence-electron chi connectivity index (χ4n) is 3.39. The average Bonchev–Trinajstić information content (AvgIpc) is 3.12. The summed E-state index contributed by atoms with van der Waals surface area (Å²) in [7, 11) is 2.05. The van der Waals surface area contributed by atoms with Crippen molar-refractivity contribution in [3.8, 4) is 0 Å². The molecule has 0 bridgehead atoms. The van der Waals surface area contributed by atoms with Crippen LogP contribution in [0.4, 0.5) is 0 Å². The third-order valence-corrected chi connectivity index (χ3v) is 4.75. The molecule has 5 heteroatoms. The first-order chi connectivity index (χ1) is 12.5. The Kier molecular flexibility index (Phi) is 5.68. The number of carboxylic acid groups (broad SMARTS) is 1. The number of hydrogen-bond acceptors (Lipinski definition) is 3. The second-order valence-corrected chi connectivity index (χ2v) is 6.93. The highest BCUT2D eigenvalue weighted by molar-refractivity contribution is 5.95. The summed E-state index contributed by atoms with van der Waals surface area (Å²) in [4.78, 5) is 27.6. The van der Waals surface area contributed by atoms with Gasteiger partial charge in [0.05, 0.1) is 5.92 Å². The third kappa shape index (κ3) is 4.49.